The van der Waals surface area contributed by atoms with Crippen molar-refractivity contribution in [3.63, 3.8) is 0 Å². The zero-order valence-corrected chi connectivity index (χ0v) is 6.05. The Balaban J connectivity index is 3.36. The van der Waals surface area contributed by atoms with Gasteiger partial charge in [-0.05, 0) is 6.92 Å². The van der Waals surface area contributed by atoms with Crippen molar-refractivity contribution < 1.29 is 9.47 Å². The minimum Gasteiger partial charge on any atom is -0.371 e. The van der Waals surface area contributed by atoms with E-state index in [-0.39, 0.29) is 0 Å². The summed E-state index contributed by atoms with van der Waals surface area (Å²) in [5.41, 5.74) is 0. The van der Waals surface area contributed by atoms with Crippen LogP contribution >= 0.6 is 0 Å². The zero-order chi connectivity index (χ0) is 5.91. The molecule has 40 valence electrons. The quantitative estimate of drug-likeness (QED) is 0.377. The Hall–Kier alpha value is 0.452. The molecule has 0 aliphatic carbocycles. The Bertz CT molecular complexity index is 47.7. The molecule has 0 aliphatic rings. The van der Waals surface area contributed by atoms with Crippen LogP contribution in [0.2, 0.25) is 0 Å². The molecule has 0 saturated heterocycles. The molecule has 0 rings (SSSR count). The van der Waals surface area contributed by atoms with Crippen LogP contribution in [0.4, 0.5) is 0 Å². The van der Waals surface area contributed by atoms with Crippen molar-refractivity contribution in [1.29, 1.82) is 0 Å². The van der Waals surface area contributed by atoms with Crippen LogP contribution in [0, 0.1) is 0 Å². The summed E-state index contributed by atoms with van der Waals surface area (Å²) in [4.78, 5) is 0. The minimum atomic E-state index is -0.500. The molecular formula is C4H9AlO2. The third kappa shape index (κ3) is 3.07. The van der Waals surface area contributed by atoms with E-state index in [0.29, 0.717) is 0 Å². The lowest BCUT2D eigenvalue weighted by molar-refractivity contribution is -0.127. The molecule has 0 aromatic heterocycles. The number of hydrogen-bond donors (Lipinski definition) is 0. The van der Waals surface area contributed by atoms with Gasteiger partial charge in [-0.3, -0.25) is 0 Å². The van der Waals surface area contributed by atoms with Crippen molar-refractivity contribution in [3.8, 4) is 0 Å². The predicted octanol–water partition coefficient (Wildman–Crippen LogP) is 0.121. The van der Waals surface area contributed by atoms with Crippen molar-refractivity contribution in [1.82, 2.24) is 0 Å². The second kappa shape index (κ2) is 2.69. The molecule has 0 heterocycles. The summed E-state index contributed by atoms with van der Waals surface area (Å²) in [6, 6.07) is 0. The van der Waals surface area contributed by atoms with Gasteiger partial charge >= 0.3 is 0 Å². The summed E-state index contributed by atoms with van der Waals surface area (Å²) >= 11 is 2.42. The highest BCUT2D eigenvalue weighted by Gasteiger charge is 2.09. The fraction of sp³-hybridized carbons (Fsp3) is 1.00. The van der Waals surface area contributed by atoms with Gasteiger partial charge in [-0.2, -0.15) is 0 Å². The second-order valence-electron chi connectivity index (χ2n) is 1.42. The molecule has 0 aromatic rings. The Morgan fingerprint density at radius 1 is 1.29 bits per heavy atom. The van der Waals surface area contributed by atoms with Crippen molar-refractivity contribution in [3.05, 3.63) is 0 Å². The van der Waals surface area contributed by atoms with E-state index in [1.54, 1.807) is 14.2 Å². The molecule has 0 bridgehead atoms. The van der Waals surface area contributed by atoms with Crippen molar-refractivity contribution >= 4 is 16.3 Å². The number of ether oxygens (including phenoxy) is 2. The van der Waals surface area contributed by atoms with Gasteiger partial charge in [-0.1, -0.05) is 0 Å². The number of hydrogen-bond acceptors (Lipinski definition) is 2. The second-order valence-corrected chi connectivity index (χ2v) is 2.47. The van der Waals surface area contributed by atoms with Gasteiger partial charge in [0.15, 0.2) is 0 Å². The summed E-state index contributed by atoms with van der Waals surface area (Å²) in [5.74, 6) is 0. The maximum absolute atomic E-state index is 4.83. The Labute approximate surface area is 52.2 Å². The van der Waals surface area contributed by atoms with E-state index in [2.05, 4.69) is 16.3 Å². The summed E-state index contributed by atoms with van der Waals surface area (Å²) in [6.45, 7) is 1.82. The van der Waals surface area contributed by atoms with Crippen LogP contribution in [-0.2, 0) is 9.47 Å². The van der Waals surface area contributed by atoms with E-state index in [1.165, 1.54) is 0 Å². The van der Waals surface area contributed by atoms with E-state index >= 15 is 0 Å². The highest BCUT2D eigenvalue weighted by Crippen LogP contribution is 2.00. The third-order valence-corrected chi connectivity index (χ3v) is 1.28. The normalized spacial score (nSPS) is 11.9. The predicted molar refractivity (Wildman–Crippen MR) is 28.2 cm³/mol. The first-order chi connectivity index (χ1) is 3.12. The SMILES string of the molecule is CO[C](C)([Al])OC. The molecule has 3 heteroatoms. The van der Waals surface area contributed by atoms with Crippen LogP contribution in [0.1, 0.15) is 6.92 Å². The first-order valence-corrected chi connectivity index (χ1v) is 2.59. The first kappa shape index (κ1) is 7.45. The van der Waals surface area contributed by atoms with Gasteiger partial charge in [0.2, 0.25) is 16.3 Å². The van der Waals surface area contributed by atoms with Gasteiger partial charge in [0.1, 0.15) is 0 Å². The Morgan fingerprint density at radius 2 is 1.57 bits per heavy atom. The van der Waals surface area contributed by atoms with Gasteiger partial charge in [0.05, 0.1) is 4.65 Å². The number of methoxy groups -OCH3 is 2. The van der Waals surface area contributed by atoms with E-state index in [4.69, 9.17) is 9.47 Å². The lowest BCUT2D eigenvalue weighted by Crippen LogP contribution is -2.29. The standard InChI is InChI=1S/C4H9O2.Al/c1-4(5-2)6-3;/h1-3H3;. The van der Waals surface area contributed by atoms with Gasteiger partial charge in [-0.25, -0.2) is 0 Å². The van der Waals surface area contributed by atoms with Gasteiger partial charge in [-0.15, -0.1) is 0 Å². The highest BCUT2D eigenvalue weighted by atomic mass is 27.0. The molecule has 0 aromatic carbocycles. The molecule has 0 atom stereocenters. The summed E-state index contributed by atoms with van der Waals surface area (Å²) in [5, 5.41) is 0. The smallest absolute Gasteiger partial charge is 0.225 e. The van der Waals surface area contributed by atoms with Crippen molar-refractivity contribution in [2.24, 2.45) is 0 Å². The van der Waals surface area contributed by atoms with Gasteiger partial charge in [0, 0.05) is 14.2 Å². The van der Waals surface area contributed by atoms with E-state index < -0.39 is 4.65 Å². The molecule has 0 fully saturated rings. The molecule has 0 N–H and O–H groups in total. The molecule has 0 unspecified atom stereocenters. The molecule has 7 heavy (non-hydrogen) atoms. The summed E-state index contributed by atoms with van der Waals surface area (Å²) < 4.78 is 9.16. The average molecular weight is 116 g/mol. The minimum absolute atomic E-state index is 0.500. The maximum atomic E-state index is 4.83. The van der Waals surface area contributed by atoms with E-state index in [0.717, 1.165) is 0 Å². The molecule has 0 spiro atoms. The van der Waals surface area contributed by atoms with Gasteiger partial charge in [0.25, 0.3) is 0 Å². The van der Waals surface area contributed by atoms with Crippen LogP contribution in [0.15, 0.2) is 0 Å². The van der Waals surface area contributed by atoms with E-state index in [1.807, 2.05) is 6.92 Å². The highest BCUT2D eigenvalue weighted by molar-refractivity contribution is 6.13. The van der Waals surface area contributed by atoms with Crippen LogP contribution in [-0.4, -0.2) is 35.2 Å². The van der Waals surface area contributed by atoms with Crippen molar-refractivity contribution in [2.45, 2.75) is 11.6 Å². The molecule has 2 radical (unpaired) electrons. The summed E-state index contributed by atoms with van der Waals surface area (Å²) in [7, 11) is 3.19. The lowest BCUT2D eigenvalue weighted by Gasteiger charge is -2.22. The van der Waals surface area contributed by atoms with Crippen LogP contribution in [0.5, 0.6) is 0 Å². The Morgan fingerprint density at radius 3 is 1.57 bits per heavy atom. The van der Waals surface area contributed by atoms with Crippen molar-refractivity contribution in [2.75, 3.05) is 14.2 Å². The molecule has 0 aliphatic heterocycles. The first-order valence-electron chi connectivity index (χ1n) is 2.01. The maximum Gasteiger partial charge on any atom is 0.225 e. The zero-order valence-electron chi connectivity index (χ0n) is 4.89. The number of rotatable bonds is 2. The summed E-state index contributed by atoms with van der Waals surface area (Å²) in [6.07, 6.45) is 0. The topological polar surface area (TPSA) is 18.5 Å². The monoisotopic (exact) mass is 116 g/mol. The van der Waals surface area contributed by atoms with E-state index in [9.17, 15) is 0 Å². The van der Waals surface area contributed by atoms with Gasteiger partial charge < -0.3 is 9.47 Å². The average Bonchev–Trinajstić information content (AvgIpc) is 1.68. The molecule has 0 amide bonds. The third-order valence-electron chi connectivity index (χ3n) is 0.811. The fourth-order valence-electron chi connectivity index (χ4n) is 0.0833. The van der Waals surface area contributed by atoms with Crippen LogP contribution < -0.4 is 0 Å². The van der Waals surface area contributed by atoms with Crippen LogP contribution in [0.3, 0.4) is 0 Å². The Kier molecular flexibility index (Phi) is 2.86. The molecule has 2 nitrogen and oxygen atoms in total. The van der Waals surface area contributed by atoms with Crippen LogP contribution in [0.25, 0.3) is 0 Å². The molecule has 0 saturated carbocycles. The lowest BCUT2D eigenvalue weighted by atomic mass is 10.7. The molecular weight excluding hydrogens is 107 g/mol. The fourth-order valence-corrected chi connectivity index (χ4v) is 0.0833. The largest absolute Gasteiger partial charge is 0.371 e.